The van der Waals surface area contributed by atoms with E-state index in [0.29, 0.717) is 16.1 Å². The molecule has 0 saturated heterocycles. The number of anilines is 1. The highest BCUT2D eigenvalue weighted by Gasteiger charge is 2.12. The second kappa shape index (κ2) is 6.15. The van der Waals surface area contributed by atoms with Crippen LogP contribution < -0.4 is 5.73 Å². The summed E-state index contributed by atoms with van der Waals surface area (Å²) in [6, 6.07) is 11.2. The molecule has 0 radical (unpaired) electrons. The van der Waals surface area contributed by atoms with Crippen molar-refractivity contribution in [3.63, 3.8) is 0 Å². The minimum absolute atomic E-state index is 0.0109. The lowest BCUT2D eigenvalue weighted by atomic mass is 10.2. The quantitative estimate of drug-likeness (QED) is 0.518. The van der Waals surface area contributed by atoms with Gasteiger partial charge < -0.3 is 5.73 Å². The SMILES string of the molecule is Nc1cc(Br)ccc1S(=O)Cc1cccc([N+](=O)[O-])c1. The molecule has 2 N–H and O–H groups in total. The summed E-state index contributed by atoms with van der Waals surface area (Å²) in [6.45, 7) is 0. The third kappa shape index (κ3) is 3.43. The number of benzene rings is 2. The Balaban J connectivity index is 2.23. The lowest BCUT2D eigenvalue weighted by molar-refractivity contribution is -0.384. The molecule has 1 unspecified atom stereocenters. The zero-order chi connectivity index (χ0) is 14.7. The fourth-order valence-corrected chi connectivity index (χ4v) is 3.27. The Morgan fingerprint density at radius 3 is 2.65 bits per heavy atom. The Morgan fingerprint density at radius 2 is 2.00 bits per heavy atom. The predicted molar refractivity (Wildman–Crippen MR) is 81.8 cm³/mol. The molecule has 0 aromatic heterocycles. The first kappa shape index (κ1) is 14.7. The molecule has 0 heterocycles. The zero-order valence-corrected chi connectivity index (χ0v) is 12.7. The van der Waals surface area contributed by atoms with E-state index in [2.05, 4.69) is 15.9 Å². The maximum Gasteiger partial charge on any atom is 0.269 e. The molecule has 2 rings (SSSR count). The van der Waals surface area contributed by atoms with Gasteiger partial charge in [-0.3, -0.25) is 14.3 Å². The van der Waals surface area contributed by atoms with Crippen LogP contribution in [0.25, 0.3) is 0 Å². The molecule has 0 spiro atoms. The van der Waals surface area contributed by atoms with Gasteiger partial charge in [-0.05, 0) is 23.8 Å². The number of hydrogen-bond acceptors (Lipinski definition) is 4. The van der Waals surface area contributed by atoms with Crippen LogP contribution >= 0.6 is 15.9 Å². The molecule has 0 aliphatic carbocycles. The van der Waals surface area contributed by atoms with Crippen LogP contribution in [-0.4, -0.2) is 9.13 Å². The summed E-state index contributed by atoms with van der Waals surface area (Å²) < 4.78 is 13.1. The number of nitrogen functional groups attached to an aromatic ring is 1. The fourth-order valence-electron chi connectivity index (χ4n) is 1.72. The molecule has 5 nitrogen and oxygen atoms in total. The fraction of sp³-hybridized carbons (Fsp3) is 0.0769. The Bertz CT molecular complexity index is 691. The largest absolute Gasteiger partial charge is 0.398 e. The van der Waals surface area contributed by atoms with E-state index in [9.17, 15) is 14.3 Å². The average molecular weight is 355 g/mol. The van der Waals surface area contributed by atoms with E-state index in [0.717, 1.165) is 4.47 Å². The molecule has 104 valence electrons. The van der Waals surface area contributed by atoms with Gasteiger partial charge in [0.2, 0.25) is 0 Å². The van der Waals surface area contributed by atoms with E-state index >= 15 is 0 Å². The lowest BCUT2D eigenvalue weighted by Crippen LogP contribution is -2.01. The topological polar surface area (TPSA) is 86.2 Å². The summed E-state index contributed by atoms with van der Waals surface area (Å²) in [5.41, 5.74) is 6.88. The van der Waals surface area contributed by atoms with Crippen molar-refractivity contribution in [2.75, 3.05) is 5.73 Å². The molecular formula is C13H11BrN2O3S. The van der Waals surface area contributed by atoms with Crippen molar-refractivity contribution in [1.29, 1.82) is 0 Å². The van der Waals surface area contributed by atoms with E-state index in [1.807, 2.05) is 0 Å². The Hall–Kier alpha value is -1.73. The van der Waals surface area contributed by atoms with Crippen molar-refractivity contribution in [3.8, 4) is 0 Å². The first-order valence-corrected chi connectivity index (χ1v) is 7.75. The van der Waals surface area contributed by atoms with Crippen molar-refractivity contribution in [2.45, 2.75) is 10.6 Å². The van der Waals surface area contributed by atoms with E-state index < -0.39 is 15.7 Å². The number of nitro groups is 1. The smallest absolute Gasteiger partial charge is 0.269 e. The molecule has 0 amide bonds. The number of halogens is 1. The number of nitro benzene ring substituents is 1. The van der Waals surface area contributed by atoms with Crippen LogP contribution in [0, 0.1) is 10.1 Å². The van der Waals surface area contributed by atoms with E-state index in [1.165, 1.54) is 12.1 Å². The zero-order valence-electron chi connectivity index (χ0n) is 10.3. The van der Waals surface area contributed by atoms with E-state index in [-0.39, 0.29) is 11.4 Å². The summed E-state index contributed by atoms with van der Waals surface area (Å²) in [6.07, 6.45) is 0. The summed E-state index contributed by atoms with van der Waals surface area (Å²) in [5.74, 6) is 0.188. The van der Waals surface area contributed by atoms with Gasteiger partial charge in [0.15, 0.2) is 0 Å². The van der Waals surface area contributed by atoms with Gasteiger partial charge in [-0.15, -0.1) is 0 Å². The molecule has 20 heavy (non-hydrogen) atoms. The maximum absolute atomic E-state index is 12.3. The summed E-state index contributed by atoms with van der Waals surface area (Å²) in [4.78, 5) is 10.8. The third-order valence-corrected chi connectivity index (χ3v) is 4.59. The maximum atomic E-state index is 12.3. The molecule has 0 saturated carbocycles. The van der Waals surface area contributed by atoms with Crippen molar-refractivity contribution in [3.05, 3.63) is 62.6 Å². The minimum Gasteiger partial charge on any atom is -0.398 e. The first-order valence-electron chi connectivity index (χ1n) is 5.64. The highest BCUT2D eigenvalue weighted by Crippen LogP contribution is 2.24. The van der Waals surface area contributed by atoms with Crippen molar-refractivity contribution >= 4 is 38.1 Å². The summed E-state index contributed by atoms with van der Waals surface area (Å²) >= 11 is 3.28. The van der Waals surface area contributed by atoms with Crippen LogP contribution in [0.2, 0.25) is 0 Å². The second-order valence-corrected chi connectivity index (χ2v) is 6.43. The monoisotopic (exact) mass is 354 g/mol. The number of nitrogens with zero attached hydrogens (tertiary/aromatic N) is 1. The molecular weight excluding hydrogens is 344 g/mol. The summed E-state index contributed by atoms with van der Waals surface area (Å²) in [7, 11) is -1.34. The van der Waals surface area contributed by atoms with Gasteiger partial charge in [-0.2, -0.15) is 0 Å². The lowest BCUT2D eigenvalue weighted by Gasteiger charge is -2.06. The van der Waals surface area contributed by atoms with Crippen LogP contribution in [0.3, 0.4) is 0 Å². The summed E-state index contributed by atoms with van der Waals surface area (Å²) in [5, 5.41) is 10.7. The van der Waals surface area contributed by atoms with Gasteiger partial charge in [0, 0.05) is 22.3 Å². The molecule has 0 aliphatic rings. The minimum atomic E-state index is -1.34. The Kier molecular flexibility index (Phi) is 4.51. The van der Waals surface area contributed by atoms with Crippen molar-refractivity contribution in [2.24, 2.45) is 0 Å². The van der Waals surface area contributed by atoms with Gasteiger partial charge in [-0.1, -0.05) is 28.1 Å². The molecule has 0 bridgehead atoms. The van der Waals surface area contributed by atoms with Gasteiger partial charge in [0.1, 0.15) is 0 Å². The van der Waals surface area contributed by atoms with Crippen LogP contribution in [0.4, 0.5) is 11.4 Å². The highest BCUT2D eigenvalue weighted by atomic mass is 79.9. The van der Waals surface area contributed by atoms with Crippen LogP contribution in [0.15, 0.2) is 51.8 Å². The molecule has 2 aromatic rings. The third-order valence-electron chi connectivity index (χ3n) is 2.64. The van der Waals surface area contributed by atoms with E-state index in [4.69, 9.17) is 5.73 Å². The highest BCUT2D eigenvalue weighted by molar-refractivity contribution is 9.10. The molecule has 1 atom stereocenters. The van der Waals surface area contributed by atoms with Crippen LogP contribution in [0.1, 0.15) is 5.56 Å². The van der Waals surface area contributed by atoms with Gasteiger partial charge in [-0.25, -0.2) is 0 Å². The Labute approximate surface area is 126 Å². The first-order chi connectivity index (χ1) is 9.47. The van der Waals surface area contributed by atoms with Gasteiger partial charge in [0.05, 0.1) is 26.4 Å². The standard InChI is InChI=1S/C13H11BrN2O3S/c14-10-4-5-13(12(15)7-10)20(19)8-9-2-1-3-11(6-9)16(17)18/h1-7H,8,15H2. The van der Waals surface area contributed by atoms with Crippen molar-refractivity contribution in [1.82, 2.24) is 0 Å². The number of rotatable bonds is 4. The van der Waals surface area contributed by atoms with E-state index in [1.54, 1.807) is 30.3 Å². The van der Waals surface area contributed by atoms with Crippen LogP contribution in [-0.2, 0) is 16.6 Å². The Morgan fingerprint density at radius 1 is 1.25 bits per heavy atom. The number of nitrogens with two attached hydrogens (primary N) is 1. The molecule has 0 aliphatic heterocycles. The average Bonchev–Trinajstić information content (AvgIpc) is 2.38. The van der Waals surface area contributed by atoms with Gasteiger partial charge >= 0.3 is 0 Å². The number of non-ortho nitro benzene ring substituents is 1. The predicted octanol–water partition coefficient (Wildman–Crippen LogP) is 3.25. The van der Waals surface area contributed by atoms with Crippen LogP contribution in [0.5, 0.6) is 0 Å². The molecule has 0 fully saturated rings. The molecule has 7 heteroatoms. The van der Waals surface area contributed by atoms with Crippen molar-refractivity contribution < 1.29 is 9.13 Å². The number of hydrogen-bond donors (Lipinski definition) is 1. The normalized spacial score (nSPS) is 12.1. The molecule has 2 aromatic carbocycles. The second-order valence-electron chi connectivity index (χ2n) is 4.10. The van der Waals surface area contributed by atoms with Gasteiger partial charge in [0.25, 0.3) is 5.69 Å².